The molecule has 1 aliphatic carbocycles. The molecule has 2 aromatic carbocycles. The van der Waals surface area contributed by atoms with Crippen LogP contribution in [-0.4, -0.2) is 18.4 Å². The minimum atomic E-state index is -0.886. The van der Waals surface area contributed by atoms with E-state index in [1.807, 2.05) is 30.3 Å². The van der Waals surface area contributed by atoms with E-state index in [0.717, 1.165) is 5.56 Å². The number of para-hydroxylation sites is 1. The van der Waals surface area contributed by atoms with Crippen LogP contribution in [0.1, 0.15) is 24.8 Å². The van der Waals surface area contributed by atoms with E-state index in [-0.39, 0.29) is 18.3 Å². The first-order valence-electron chi connectivity index (χ1n) is 8.57. The largest absolute Gasteiger partial charge is 0.465 e. The standard InChI is InChI=1S/C21H20FNO3/c1-2-26-21(25)20-16(14-8-4-3-5-9-14)12-15(13-19(20)24)23-18-11-7-6-10-17(18)22/h3-11,13,16,20,23H,2,12H2,1H3/t16-,20-/m1/s1. The quantitative estimate of drug-likeness (QED) is 0.651. The van der Waals surface area contributed by atoms with Gasteiger partial charge in [0.1, 0.15) is 11.7 Å². The molecule has 0 fully saturated rings. The van der Waals surface area contributed by atoms with Gasteiger partial charge in [0.25, 0.3) is 0 Å². The number of carbonyl (C=O) groups is 2. The number of hydrogen-bond donors (Lipinski definition) is 1. The first-order valence-corrected chi connectivity index (χ1v) is 8.57. The number of halogens is 1. The van der Waals surface area contributed by atoms with Crippen molar-refractivity contribution in [3.8, 4) is 0 Å². The van der Waals surface area contributed by atoms with Crippen LogP contribution in [0, 0.1) is 11.7 Å². The Kier molecular flexibility index (Phi) is 5.46. The van der Waals surface area contributed by atoms with Gasteiger partial charge in [-0.2, -0.15) is 0 Å². The second-order valence-electron chi connectivity index (χ2n) is 6.13. The molecule has 0 heterocycles. The fourth-order valence-corrected chi connectivity index (χ4v) is 3.22. The van der Waals surface area contributed by atoms with Gasteiger partial charge in [0.05, 0.1) is 12.3 Å². The average molecular weight is 353 g/mol. The Balaban J connectivity index is 1.93. The van der Waals surface area contributed by atoms with Crippen LogP contribution in [0.15, 0.2) is 66.4 Å². The zero-order chi connectivity index (χ0) is 18.5. The molecule has 2 aromatic rings. The zero-order valence-corrected chi connectivity index (χ0v) is 14.4. The topological polar surface area (TPSA) is 55.4 Å². The highest BCUT2D eigenvalue weighted by molar-refractivity contribution is 6.07. The van der Waals surface area contributed by atoms with Gasteiger partial charge in [0, 0.05) is 17.7 Å². The van der Waals surface area contributed by atoms with Crippen molar-refractivity contribution in [2.45, 2.75) is 19.3 Å². The molecule has 0 saturated carbocycles. The number of ketones is 1. The lowest BCUT2D eigenvalue weighted by molar-refractivity contribution is -0.151. The van der Waals surface area contributed by atoms with Crippen molar-refractivity contribution < 1.29 is 18.7 Å². The number of anilines is 1. The highest BCUT2D eigenvalue weighted by Crippen LogP contribution is 2.37. The maximum absolute atomic E-state index is 13.9. The van der Waals surface area contributed by atoms with E-state index in [2.05, 4.69) is 5.32 Å². The summed E-state index contributed by atoms with van der Waals surface area (Å²) < 4.78 is 19.0. The first-order chi connectivity index (χ1) is 12.6. The van der Waals surface area contributed by atoms with Gasteiger partial charge in [-0.3, -0.25) is 9.59 Å². The van der Waals surface area contributed by atoms with Crippen LogP contribution in [0.2, 0.25) is 0 Å². The molecule has 0 spiro atoms. The van der Waals surface area contributed by atoms with Crippen LogP contribution >= 0.6 is 0 Å². The predicted octanol–water partition coefficient (Wildman–Crippen LogP) is 4.06. The Morgan fingerprint density at radius 3 is 2.54 bits per heavy atom. The highest BCUT2D eigenvalue weighted by Gasteiger charge is 2.39. The van der Waals surface area contributed by atoms with Crippen molar-refractivity contribution in [2.24, 2.45) is 5.92 Å². The van der Waals surface area contributed by atoms with Gasteiger partial charge in [-0.1, -0.05) is 42.5 Å². The van der Waals surface area contributed by atoms with Gasteiger partial charge in [0.2, 0.25) is 0 Å². The molecule has 0 aromatic heterocycles. The molecule has 0 radical (unpaired) electrons. The maximum Gasteiger partial charge on any atom is 0.317 e. The van der Waals surface area contributed by atoms with Gasteiger partial charge in [-0.15, -0.1) is 0 Å². The summed E-state index contributed by atoms with van der Waals surface area (Å²) in [6.45, 7) is 1.93. The Labute approximate surface area is 151 Å². The van der Waals surface area contributed by atoms with Crippen molar-refractivity contribution >= 4 is 17.4 Å². The lowest BCUT2D eigenvalue weighted by Gasteiger charge is -2.29. The number of ether oxygens (including phenoxy) is 1. The predicted molar refractivity (Wildman–Crippen MR) is 97.0 cm³/mol. The number of benzene rings is 2. The summed E-state index contributed by atoms with van der Waals surface area (Å²) in [5.74, 6) is -2.50. The smallest absolute Gasteiger partial charge is 0.317 e. The molecule has 2 atom stereocenters. The third kappa shape index (κ3) is 3.82. The number of allylic oxidation sites excluding steroid dienone is 2. The SMILES string of the molecule is CCOC(=O)[C@H]1C(=O)C=C(Nc2ccccc2F)C[C@@H]1c1ccccc1. The van der Waals surface area contributed by atoms with E-state index in [9.17, 15) is 14.0 Å². The molecule has 3 rings (SSSR count). The molecule has 5 heteroatoms. The molecule has 1 N–H and O–H groups in total. The Morgan fingerprint density at radius 2 is 1.85 bits per heavy atom. The van der Waals surface area contributed by atoms with Gasteiger partial charge in [-0.25, -0.2) is 4.39 Å². The van der Waals surface area contributed by atoms with E-state index in [1.54, 1.807) is 25.1 Å². The monoisotopic (exact) mass is 353 g/mol. The molecule has 0 aliphatic heterocycles. The van der Waals surface area contributed by atoms with Gasteiger partial charge in [-0.05, 0) is 31.0 Å². The lowest BCUT2D eigenvalue weighted by Crippen LogP contribution is -2.35. The molecule has 0 unspecified atom stereocenters. The van der Waals surface area contributed by atoms with Crippen molar-refractivity contribution in [1.29, 1.82) is 0 Å². The van der Waals surface area contributed by atoms with Gasteiger partial charge in [0.15, 0.2) is 5.78 Å². The third-order valence-electron chi connectivity index (χ3n) is 4.40. The Bertz CT molecular complexity index is 832. The fraction of sp³-hybridized carbons (Fsp3) is 0.238. The Morgan fingerprint density at radius 1 is 1.15 bits per heavy atom. The molecule has 0 amide bonds. The maximum atomic E-state index is 13.9. The summed E-state index contributed by atoms with van der Waals surface area (Å²) in [5, 5.41) is 2.98. The number of hydrogen-bond acceptors (Lipinski definition) is 4. The fourth-order valence-electron chi connectivity index (χ4n) is 3.22. The van der Waals surface area contributed by atoms with Crippen molar-refractivity contribution in [3.05, 3.63) is 77.8 Å². The first kappa shape index (κ1) is 17.9. The summed E-state index contributed by atoms with van der Waals surface area (Å²) in [6, 6.07) is 15.7. The second-order valence-corrected chi connectivity index (χ2v) is 6.13. The van der Waals surface area contributed by atoms with Crippen LogP contribution in [0.4, 0.5) is 10.1 Å². The zero-order valence-electron chi connectivity index (χ0n) is 14.4. The van der Waals surface area contributed by atoms with E-state index in [1.165, 1.54) is 12.1 Å². The van der Waals surface area contributed by atoms with Crippen molar-refractivity contribution in [1.82, 2.24) is 0 Å². The molecule has 134 valence electrons. The molecular formula is C21H20FNO3. The summed E-state index contributed by atoms with van der Waals surface area (Å²) in [5.41, 5.74) is 1.75. The summed E-state index contributed by atoms with van der Waals surface area (Å²) >= 11 is 0. The molecule has 4 nitrogen and oxygen atoms in total. The average Bonchev–Trinajstić information content (AvgIpc) is 2.64. The summed E-state index contributed by atoms with van der Waals surface area (Å²) in [7, 11) is 0. The van der Waals surface area contributed by atoms with Crippen LogP contribution in [0.25, 0.3) is 0 Å². The molecule has 0 saturated heterocycles. The number of esters is 1. The highest BCUT2D eigenvalue weighted by atomic mass is 19.1. The molecule has 26 heavy (non-hydrogen) atoms. The van der Waals surface area contributed by atoms with Gasteiger partial charge >= 0.3 is 5.97 Å². The number of rotatable bonds is 5. The number of nitrogens with one attached hydrogen (secondary N) is 1. The molecule has 1 aliphatic rings. The van der Waals surface area contributed by atoms with Crippen molar-refractivity contribution in [3.63, 3.8) is 0 Å². The molecular weight excluding hydrogens is 333 g/mol. The second kappa shape index (κ2) is 7.95. The summed E-state index contributed by atoms with van der Waals surface area (Å²) in [6.07, 6.45) is 1.79. The van der Waals surface area contributed by atoms with E-state index in [0.29, 0.717) is 17.8 Å². The minimum Gasteiger partial charge on any atom is -0.465 e. The van der Waals surface area contributed by atoms with E-state index >= 15 is 0 Å². The van der Waals surface area contributed by atoms with Crippen LogP contribution in [0.3, 0.4) is 0 Å². The van der Waals surface area contributed by atoms with Crippen LogP contribution in [-0.2, 0) is 14.3 Å². The van der Waals surface area contributed by atoms with Crippen molar-refractivity contribution in [2.75, 3.05) is 11.9 Å². The van der Waals surface area contributed by atoms with Crippen LogP contribution < -0.4 is 5.32 Å². The summed E-state index contributed by atoms with van der Waals surface area (Å²) in [4.78, 5) is 25.0. The normalized spacial score (nSPS) is 19.6. The number of carbonyl (C=O) groups excluding carboxylic acids is 2. The van der Waals surface area contributed by atoms with E-state index in [4.69, 9.17) is 4.74 Å². The third-order valence-corrected chi connectivity index (χ3v) is 4.40. The molecule has 0 bridgehead atoms. The Hall–Kier alpha value is -2.95. The van der Waals surface area contributed by atoms with Gasteiger partial charge < -0.3 is 10.1 Å². The van der Waals surface area contributed by atoms with Crippen LogP contribution in [0.5, 0.6) is 0 Å². The minimum absolute atomic E-state index is 0.216. The lowest BCUT2D eigenvalue weighted by atomic mass is 9.76. The van der Waals surface area contributed by atoms with E-state index < -0.39 is 17.7 Å².